The van der Waals surface area contributed by atoms with E-state index in [1.165, 1.54) is 12.8 Å². The fraction of sp³-hybridized carbons (Fsp3) is 0.600. The van der Waals surface area contributed by atoms with Crippen LogP contribution in [0.15, 0.2) is 36.7 Å². The summed E-state index contributed by atoms with van der Waals surface area (Å²) in [6.45, 7) is 2.13. The predicted octanol–water partition coefficient (Wildman–Crippen LogP) is 9.21. The monoisotopic (exact) mass is 598 g/mol. The maximum atomic E-state index is 13.9. The van der Waals surface area contributed by atoms with Gasteiger partial charge in [0.05, 0.1) is 0 Å². The molecule has 1 heterocycles. The van der Waals surface area contributed by atoms with Gasteiger partial charge in [0.25, 0.3) is 0 Å². The third-order valence-electron chi connectivity index (χ3n) is 5.97. The van der Waals surface area contributed by atoms with E-state index in [1.54, 1.807) is 12.4 Å². The second-order valence-electron chi connectivity index (χ2n) is 9.09. The van der Waals surface area contributed by atoms with Gasteiger partial charge in [-0.1, -0.05) is 45.4 Å². The molecule has 0 aliphatic carbocycles. The normalized spacial score (nSPS) is 14.3. The van der Waals surface area contributed by atoms with Crippen molar-refractivity contribution in [3.8, 4) is 17.1 Å². The van der Waals surface area contributed by atoms with Gasteiger partial charge in [-0.25, -0.2) is 9.97 Å². The Bertz CT molecular complexity index is 1060. The molecule has 226 valence electrons. The van der Waals surface area contributed by atoms with E-state index in [4.69, 9.17) is 0 Å². The van der Waals surface area contributed by atoms with Crippen LogP contribution in [0, 0.1) is 0 Å². The highest BCUT2D eigenvalue weighted by atomic mass is 19.4. The van der Waals surface area contributed by atoms with E-state index in [1.807, 2.05) is 0 Å². The lowest BCUT2D eigenvalue weighted by molar-refractivity contribution is -0.432. The van der Waals surface area contributed by atoms with Gasteiger partial charge in [0, 0.05) is 18.0 Å². The maximum absolute atomic E-state index is 13.9. The first kappa shape index (κ1) is 33.5. The number of nitrogens with zero attached hydrogens (tertiary/aromatic N) is 2. The van der Waals surface area contributed by atoms with Crippen molar-refractivity contribution < 1.29 is 57.4 Å². The van der Waals surface area contributed by atoms with Gasteiger partial charge in [-0.15, -0.1) is 0 Å². The van der Waals surface area contributed by atoms with Crippen LogP contribution in [-0.4, -0.2) is 46.2 Å². The molecule has 0 fully saturated rings. The molecular formula is C25H26F12N2O. The number of ether oxygens (including phenoxy) is 1. The molecule has 0 amide bonds. The smallest absolute Gasteiger partial charge is 0.454 e. The Labute approximate surface area is 222 Å². The number of rotatable bonds is 15. The molecule has 0 saturated heterocycles. The van der Waals surface area contributed by atoms with Crippen molar-refractivity contribution in [2.45, 2.75) is 94.5 Å². The zero-order chi connectivity index (χ0) is 30.4. The first-order chi connectivity index (χ1) is 18.4. The van der Waals surface area contributed by atoms with Gasteiger partial charge in [-0.3, -0.25) is 0 Å². The summed E-state index contributed by atoms with van der Waals surface area (Å²) in [7, 11) is 0. The van der Waals surface area contributed by atoms with Gasteiger partial charge in [0.1, 0.15) is 5.75 Å². The molecule has 1 unspecified atom stereocenters. The summed E-state index contributed by atoms with van der Waals surface area (Å²) >= 11 is 0. The highest BCUT2D eigenvalue weighted by Gasteiger charge is 2.88. The molecule has 1 aromatic heterocycles. The Morgan fingerprint density at radius 3 is 1.68 bits per heavy atom. The molecule has 2 rings (SSSR count). The minimum atomic E-state index is -7.72. The molecule has 0 radical (unpaired) electrons. The molecule has 0 saturated carbocycles. The SMILES string of the molecule is CCCCCCCCCc1cnc(-c2ccc(OC(F)C(F)(F)C(F)(F)C(F)(F)C(F)(F)C(F)(F)F)cc2)nc1. The zero-order valence-corrected chi connectivity index (χ0v) is 21.0. The summed E-state index contributed by atoms with van der Waals surface area (Å²) in [5.74, 6) is -30.5. The van der Waals surface area contributed by atoms with Crippen molar-refractivity contribution in [2.75, 3.05) is 0 Å². The molecule has 0 bridgehead atoms. The van der Waals surface area contributed by atoms with Crippen LogP contribution in [-0.2, 0) is 6.42 Å². The van der Waals surface area contributed by atoms with Crippen LogP contribution >= 0.6 is 0 Å². The number of aromatic nitrogens is 2. The summed E-state index contributed by atoms with van der Waals surface area (Å²) in [6, 6.07) is 3.59. The molecule has 40 heavy (non-hydrogen) atoms. The quantitative estimate of drug-likeness (QED) is 0.152. The third kappa shape index (κ3) is 7.12. The van der Waals surface area contributed by atoms with E-state index in [2.05, 4.69) is 21.6 Å². The van der Waals surface area contributed by atoms with Gasteiger partial charge in [0.15, 0.2) is 5.82 Å². The number of benzene rings is 1. The zero-order valence-electron chi connectivity index (χ0n) is 21.0. The van der Waals surface area contributed by atoms with Crippen LogP contribution in [0.3, 0.4) is 0 Å². The first-order valence-electron chi connectivity index (χ1n) is 12.2. The van der Waals surface area contributed by atoms with Crippen LogP contribution < -0.4 is 4.74 Å². The first-order valence-corrected chi connectivity index (χ1v) is 12.2. The fourth-order valence-corrected chi connectivity index (χ4v) is 3.52. The maximum Gasteiger partial charge on any atom is 0.460 e. The second kappa shape index (κ2) is 12.8. The molecule has 3 nitrogen and oxygen atoms in total. The molecular weight excluding hydrogens is 572 g/mol. The number of aryl methyl sites for hydroxylation is 1. The Morgan fingerprint density at radius 1 is 0.675 bits per heavy atom. The van der Waals surface area contributed by atoms with Crippen LogP contribution in [0.5, 0.6) is 5.75 Å². The number of halogens is 12. The van der Waals surface area contributed by atoms with Crippen molar-refractivity contribution in [2.24, 2.45) is 0 Å². The Balaban J connectivity index is 2.04. The highest BCUT2D eigenvalue weighted by molar-refractivity contribution is 5.55. The fourth-order valence-electron chi connectivity index (χ4n) is 3.52. The lowest BCUT2D eigenvalue weighted by Crippen LogP contribution is -2.68. The third-order valence-corrected chi connectivity index (χ3v) is 5.97. The van der Waals surface area contributed by atoms with E-state index in [-0.39, 0.29) is 11.4 Å². The van der Waals surface area contributed by atoms with Crippen molar-refractivity contribution in [3.63, 3.8) is 0 Å². The summed E-state index contributed by atoms with van der Waals surface area (Å²) in [4.78, 5) is 8.26. The lowest BCUT2D eigenvalue weighted by atomic mass is 9.98. The highest BCUT2D eigenvalue weighted by Crippen LogP contribution is 2.58. The van der Waals surface area contributed by atoms with E-state index >= 15 is 0 Å². The largest absolute Gasteiger partial charge is 0.460 e. The van der Waals surface area contributed by atoms with Crippen molar-refractivity contribution >= 4 is 0 Å². The van der Waals surface area contributed by atoms with Crippen LogP contribution in [0.2, 0.25) is 0 Å². The molecule has 15 heteroatoms. The van der Waals surface area contributed by atoms with Gasteiger partial charge in [0.2, 0.25) is 0 Å². The summed E-state index contributed by atoms with van der Waals surface area (Å²) in [5.41, 5.74) is 1.06. The molecule has 0 aliphatic rings. The Morgan fingerprint density at radius 2 is 1.18 bits per heavy atom. The van der Waals surface area contributed by atoms with E-state index in [0.717, 1.165) is 68.4 Å². The molecule has 0 aliphatic heterocycles. The standard InChI is InChI=1S/C25H26F12N2O/c1-2-3-4-5-6-7-8-9-16-14-38-19(39-15-16)17-10-12-18(13-11-17)40-20(26)21(27,28)22(29,30)23(31,32)24(33,34)25(35,36)37/h10-15,20H,2-9H2,1H3. The van der Waals surface area contributed by atoms with E-state index < -0.39 is 42.0 Å². The number of alkyl halides is 12. The Kier molecular flexibility index (Phi) is 10.7. The number of hydrogen-bond donors (Lipinski definition) is 0. The van der Waals surface area contributed by atoms with Crippen LogP contribution in [0.25, 0.3) is 11.4 Å². The van der Waals surface area contributed by atoms with Crippen molar-refractivity contribution in [1.82, 2.24) is 9.97 Å². The van der Waals surface area contributed by atoms with Crippen LogP contribution in [0.1, 0.15) is 57.4 Å². The number of unbranched alkanes of at least 4 members (excludes halogenated alkanes) is 6. The molecule has 0 spiro atoms. The summed E-state index contributed by atoms with van der Waals surface area (Å²) in [5, 5.41) is 0. The summed E-state index contributed by atoms with van der Waals surface area (Å²) < 4.78 is 162. The molecule has 1 aromatic carbocycles. The lowest BCUT2D eigenvalue weighted by Gasteiger charge is -2.37. The van der Waals surface area contributed by atoms with Gasteiger partial charge in [-0.05, 0) is 42.7 Å². The van der Waals surface area contributed by atoms with E-state index in [9.17, 15) is 52.7 Å². The van der Waals surface area contributed by atoms with Gasteiger partial charge >= 0.3 is 36.2 Å². The average Bonchev–Trinajstić information content (AvgIpc) is 2.88. The topological polar surface area (TPSA) is 35.0 Å². The average molecular weight is 598 g/mol. The number of hydrogen-bond acceptors (Lipinski definition) is 3. The van der Waals surface area contributed by atoms with Crippen LogP contribution in [0.4, 0.5) is 52.7 Å². The minimum absolute atomic E-state index is 0.123. The molecule has 2 aromatic rings. The van der Waals surface area contributed by atoms with Crippen molar-refractivity contribution in [1.29, 1.82) is 0 Å². The minimum Gasteiger partial charge on any atom is -0.454 e. The second-order valence-corrected chi connectivity index (χ2v) is 9.09. The van der Waals surface area contributed by atoms with Gasteiger partial charge in [-0.2, -0.15) is 52.7 Å². The van der Waals surface area contributed by atoms with Crippen molar-refractivity contribution in [3.05, 3.63) is 42.2 Å². The molecule has 0 N–H and O–H groups in total. The van der Waals surface area contributed by atoms with Gasteiger partial charge < -0.3 is 4.74 Å². The predicted molar refractivity (Wildman–Crippen MR) is 121 cm³/mol. The Hall–Kier alpha value is -2.74. The summed E-state index contributed by atoms with van der Waals surface area (Å²) in [6.07, 6.45) is -0.480. The van der Waals surface area contributed by atoms with E-state index in [0.29, 0.717) is 0 Å². The molecule has 1 atom stereocenters.